The Kier molecular flexibility index (Phi) is 4.58. The quantitative estimate of drug-likeness (QED) is 0.867. The summed E-state index contributed by atoms with van der Waals surface area (Å²) in [5.74, 6) is 0.893. The molecule has 0 saturated carbocycles. The maximum atomic E-state index is 5.45. The van der Waals surface area contributed by atoms with Crippen LogP contribution in [0.3, 0.4) is 0 Å². The number of nitrogens with one attached hydrogen (secondary N) is 1. The molecule has 19 heavy (non-hydrogen) atoms. The zero-order valence-electron chi connectivity index (χ0n) is 11.8. The minimum Gasteiger partial charge on any atom is -0.494 e. The summed E-state index contributed by atoms with van der Waals surface area (Å²) in [7, 11) is 0. The molecule has 0 atom stereocenters. The monoisotopic (exact) mass is 259 g/mol. The first-order valence-corrected chi connectivity index (χ1v) is 6.73. The Morgan fingerprint density at radius 2 is 1.95 bits per heavy atom. The van der Waals surface area contributed by atoms with Gasteiger partial charge in [-0.05, 0) is 44.7 Å². The van der Waals surface area contributed by atoms with Crippen molar-refractivity contribution in [3.63, 3.8) is 0 Å². The average Bonchev–Trinajstić information content (AvgIpc) is 2.79. The fraction of sp³-hybridized carbons (Fsp3) is 0.400. The van der Waals surface area contributed by atoms with Crippen molar-refractivity contribution in [3.05, 3.63) is 41.7 Å². The van der Waals surface area contributed by atoms with Crippen molar-refractivity contribution in [2.45, 2.75) is 27.3 Å². The molecule has 2 rings (SSSR count). The van der Waals surface area contributed by atoms with Crippen LogP contribution in [0.25, 0.3) is 5.69 Å². The first-order chi connectivity index (χ1) is 9.26. The lowest BCUT2D eigenvalue weighted by molar-refractivity contribution is 0.340. The molecule has 0 aliphatic rings. The first-order valence-electron chi connectivity index (χ1n) is 6.73. The van der Waals surface area contributed by atoms with Crippen LogP contribution in [0.1, 0.15) is 25.1 Å². The Labute approximate surface area is 114 Å². The third-order valence-corrected chi connectivity index (χ3v) is 3.07. The maximum absolute atomic E-state index is 5.45. The van der Waals surface area contributed by atoms with Gasteiger partial charge in [0.15, 0.2) is 0 Å². The molecule has 0 aliphatic heterocycles. The van der Waals surface area contributed by atoms with E-state index in [1.165, 1.54) is 11.3 Å². The number of ether oxygens (including phenoxy) is 1. The summed E-state index contributed by atoms with van der Waals surface area (Å²) < 4.78 is 7.41. The maximum Gasteiger partial charge on any atom is 0.119 e. The van der Waals surface area contributed by atoms with Gasteiger partial charge in [0.2, 0.25) is 0 Å². The smallest absolute Gasteiger partial charge is 0.119 e. The second-order valence-electron chi connectivity index (χ2n) is 4.37. The molecule has 0 fully saturated rings. The Hall–Kier alpha value is -1.81. The van der Waals surface area contributed by atoms with Crippen molar-refractivity contribution >= 4 is 0 Å². The molecule has 0 radical (unpaired) electrons. The molecule has 1 N–H and O–H groups in total. The van der Waals surface area contributed by atoms with E-state index in [0.717, 1.165) is 24.5 Å². The lowest BCUT2D eigenvalue weighted by atomic mass is 10.2. The molecule has 4 heteroatoms. The Morgan fingerprint density at radius 1 is 1.21 bits per heavy atom. The second-order valence-corrected chi connectivity index (χ2v) is 4.37. The summed E-state index contributed by atoms with van der Waals surface area (Å²) in [5, 5.41) is 7.77. The highest BCUT2D eigenvalue weighted by atomic mass is 16.5. The Balaban J connectivity index is 2.19. The number of rotatable bonds is 6. The molecule has 0 bridgehead atoms. The van der Waals surface area contributed by atoms with Crippen LogP contribution in [0.4, 0.5) is 0 Å². The summed E-state index contributed by atoms with van der Waals surface area (Å²) in [6.07, 6.45) is 1.93. The van der Waals surface area contributed by atoms with E-state index in [1.807, 2.05) is 42.1 Å². The van der Waals surface area contributed by atoms with Crippen molar-refractivity contribution in [1.29, 1.82) is 0 Å². The van der Waals surface area contributed by atoms with E-state index in [4.69, 9.17) is 4.74 Å². The highest BCUT2D eigenvalue weighted by molar-refractivity contribution is 5.39. The van der Waals surface area contributed by atoms with E-state index < -0.39 is 0 Å². The number of hydrogen-bond acceptors (Lipinski definition) is 3. The van der Waals surface area contributed by atoms with E-state index in [9.17, 15) is 0 Å². The lowest BCUT2D eigenvalue weighted by Gasteiger charge is -2.07. The van der Waals surface area contributed by atoms with Crippen LogP contribution in [-0.4, -0.2) is 22.9 Å². The van der Waals surface area contributed by atoms with Gasteiger partial charge in [0, 0.05) is 17.8 Å². The minimum atomic E-state index is 0.687. The minimum absolute atomic E-state index is 0.687. The first kappa shape index (κ1) is 13.6. The van der Waals surface area contributed by atoms with Gasteiger partial charge in [-0.1, -0.05) is 6.92 Å². The molecule has 0 saturated heterocycles. The van der Waals surface area contributed by atoms with Crippen LogP contribution >= 0.6 is 0 Å². The van der Waals surface area contributed by atoms with Gasteiger partial charge >= 0.3 is 0 Å². The van der Waals surface area contributed by atoms with Crippen molar-refractivity contribution in [3.8, 4) is 11.4 Å². The Morgan fingerprint density at radius 3 is 2.58 bits per heavy atom. The average molecular weight is 259 g/mol. The topological polar surface area (TPSA) is 39.1 Å². The molecule has 0 spiro atoms. The van der Waals surface area contributed by atoms with Crippen LogP contribution in [0.2, 0.25) is 0 Å². The van der Waals surface area contributed by atoms with E-state index in [2.05, 4.69) is 24.3 Å². The van der Waals surface area contributed by atoms with Gasteiger partial charge in [-0.25, -0.2) is 4.68 Å². The summed E-state index contributed by atoms with van der Waals surface area (Å²) in [6.45, 7) is 8.70. The van der Waals surface area contributed by atoms with E-state index in [0.29, 0.717) is 6.61 Å². The highest BCUT2D eigenvalue weighted by Gasteiger charge is 2.07. The molecule has 0 unspecified atom stereocenters. The molecule has 2 aromatic rings. The molecule has 1 heterocycles. The zero-order chi connectivity index (χ0) is 13.7. The molecule has 0 aliphatic carbocycles. The third-order valence-electron chi connectivity index (χ3n) is 3.07. The van der Waals surface area contributed by atoms with Crippen LogP contribution < -0.4 is 10.1 Å². The third kappa shape index (κ3) is 3.15. The highest BCUT2D eigenvalue weighted by Crippen LogP contribution is 2.18. The molecular weight excluding hydrogens is 238 g/mol. The summed E-state index contributed by atoms with van der Waals surface area (Å²) in [4.78, 5) is 0. The molecule has 102 valence electrons. The van der Waals surface area contributed by atoms with E-state index in [-0.39, 0.29) is 0 Å². The van der Waals surface area contributed by atoms with Crippen molar-refractivity contribution in [2.75, 3.05) is 13.2 Å². The summed E-state index contributed by atoms with van der Waals surface area (Å²) in [6, 6.07) is 8.01. The standard InChI is InChI=1S/C15H21N3O/c1-4-16-10-13-11-17-18(12(13)3)14-6-8-15(9-7-14)19-5-2/h6-9,11,16H,4-5,10H2,1-3H3. The number of nitrogens with zero attached hydrogens (tertiary/aromatic N) is 2. The van der Waals surface area contributed by atoms with E-state index >= 15 is 0 Å². The molecule has 1 aromatic heterocycles. The predicted octanol–water partition coefficient (Wildman–Crippen LogP) is 2.69. The largest absolute Gasteiger partial charge is 0.494 e. The Bertz CT molecular complexity index is 517. The molecule has 4 nitrogen and oxygen atoms in total. The van der Waals surface area contributed by atoms with Crippen molar-refractivity contribution in [1.82, 2.24) is 15.1 Å². The predicted molar refractivity (Wildman–Crippen MR) is 76.9 cm³/mol. The zero-order valence-corrected chi connectivity index (χ0v) is 11.8. The van der Waals surface area contributed by atoms with Gasteiger partial charge in [-0.3, -0.25) is 0 Å². The van der Waals surface area contributed by atoms with Crippen LogP contribution in [0.15, 0.2) is 30.5 Å². The van der Waals surface area contributed by atoms with Gasteiger partial charge in [-0.15, -0.1) is 0 Å². The van der Waals surface area contributed by atoms with Gasteiger partial charge in [0.25, 0.3) is 0 Å². The lowest BCUT2D eigenvalue weighted by Crippen LogP contribution is -2.12. The van der Waals surface area contributed by atoms with Gasteiger partial charge < -0.3 is 10.1 Å². The van der Waals surface area contributed by atoms with Crippen LogP contribution in [0, 0.1) is 6.92 Å². The number of hydrogen-bond donors (Lipinski definition) is 1. The summed E-state index contributed by atoms with van der Waals surface area (Å²) in [5.41, 5.74) is 3.46. The molecular formula is C15H21N3O. The molecule has 0 amide bonds. The van der Waals surface area contributed by atoms with Crippen molar-refractivity contribution in [2.24, 2.45) is 0 Å². The fourth-order valence-electron chi connectivity index (χ4n) is 1.99. The van der Waals surface area contributed by atoms with Gasteiger partial charge in [0.1, 0.15) is 5.75 Å². The summed E-state index contributed by atoms with van der Waals surface area (Å²) >= 11 is 0. The van der Waals surface area contributed by atoms with E-state index in [1.54, 1.807) is 0 Å². The fourth-order valence-corrected chi connectivity index (χ4v) is 1.99. The number of aromatic nitrogens is 2. The van der Waals surface area contributed by atoms with Gasteiger partial charge in [0.05, 0.1) is 18.5 Å². The number of benzene rings is 1. The normalized spacial score (nSPS) is 10.7. The molecule has 1 aromatic carbocycles. The van der Waals surface area contributed by atoms with Gasteiger partial charge in [-0.2, -0.15) is 5.10 Å². The van der Waals surface area contributed by atoms with Crippen LogP contribution in [-0.2, 0) is 6.54 Å². The second kappa shape index (κ2) is 6.38. The van der Waals surface area contributed by atoms with Crippen molar-refractivity contribution < 1.29 is 4.74 Å². The van der Waals surface area contributed by atoms with Crippen LogP contribution in [0.5, 0.6) is 5.75 Å². The SMILES string of the molecule is CCNCc1cnn(-c2ccc(OCC)cc2)c1C.